The SMILES string of the molecule is O=C(Oc1ccc([S+](c2ccc(Br)cc2)c2ccc(Br)cc2)cc1)c1c(I)ccc(I)c1I. The molecule has 0 saturated heterocycles. The molecule has 0 aliphatic carbocycles. The summed E-state index contributed by atoms with van der Waals surface area (Å²) in [6.07, 6.45) is 0. The molecule has 0 bridgehead atoms. The van der Waals surface area contributed by atoms with Crippen LogP contribution in [0.25, 0.3) is 0 Å². The summed E-state index contributed by atoms with van der Waals surface area (Å²) in [5, 5.41) is 0. The van der Waals surface area contributed by atoms with Gasteiger partial charge < -0.3 is 4.74 Å². The Kier molecular flexibility index (Phi) is 9.21. The van der Waals surface area contributed by atoms with Crippen molar-refractivity contribution < 1.29 is 9.53 Å². The third-order valence-electron chi connectivity index (χ3n) is 4.62. The molecule has 0 fully saturated rings. The highest BCUT2D eigenvalue weighted by molar-refractivity contribution is 14.1. The molecule has 2 nitrogen and oxygen atoms in total. The Balaban J connectivity index is 1.64. The summed E-state index contributed by atoms with van der Waals surface area (Å²) in [6.45, 7) is 0. The number of halogens is 5. The second kappa shape index (κ2) is 11.7. The van der Waals surface area contributed by atoms with Crippen LogP contribution in [0.15, 0.2) is 109 Å². The van der Waals surface area contributed by atoms with Crippen molar-refractivity contribution in [3.05, 3.63) is 110 Å². The maximum absolute atomic E-state index is 12.9. The average molecular weight is 919 g/mol. The number of hydrogen-bond donors (Lipinski definition) is 0. The molecule has 0 spiro atoms. The summed E-state index contributed by atoms with van der Waals surface area (Å²) in [6, 6.07) is 28.6. The summed E-state index contributed by atoms with van der Waals surface area (Å²) in [5.74, 6) is 0.194. The van der Waals surface area contributed by atoms with Crippen LogP contribution in [-0.2, 0) is 10.9 Å². The first-order valence-corrected chi connectivity index (χ1v) is 15.6. The van der Waals surface area contributed by atoms with Gasteiger partial charge in [-0.3, -0.25) is 0 Å². The number of ether oxygens (including phenoxy) is 1. The van der Waals surface area contributed by atoms with Crippen LogP contribution in [0.4, 0.5) is 0 Å². The van der Waals surface area contributed by atoms with Gasteiger partial charge in [-0.2, -0.15) is 0 Å². The topological polar surface area (TPSA) is 26.3 Å². The third-order valence-corrected chi connectivity index (χ3v) is 11.9. The minimum atomic E-state index is -0.338. The van der Waals surface area contributed by atoms with Crippen molar-refractivity contribution >= 4 is 116 Å². The molecule has 0 N–H and O–H groups in total. The van der Waals surface area contributed by atoms with Crippen molar-refractivity contribution in [2.24, 2.45) is 0 Å². The second-order valence-electron chi connectivity index (χ2n) is 6.79. The largest absolute Gasteiger partial charge is 0.423 e. The van der Waals surface area contributed by atoms with Gasteiger partial charge in [-0.1, -0.05) is 31.9 Å². The van der Waals surface area contributed by atoms with Gasteiger partial charge in [-0.05, 0) is 153 Å². The average Bonchev–Trinajstić information content (AvgIpc) is 2.80. The number of hydrogen-bond acceptors (Lipinski definition) is 2. The Morgan fingerprint density at radius 3 is 1.55 bits per heavy atom. The van der Waals surface area contributed by atoms with Crippen LogP contribution in [0, 0.1) is 10.7 Å². The molecule has 0 aliphatic rings. The maximum Gasteiger partial charge on any atom is 0.345 e. The van der Waals surface area contributed by atoms with Crippen LogP contribution in [0.1, 0.15) is 10.4 Å². The van der Waals surface area contributed by atoms with Gasteiger partial charge in [0.05, 0.1) is 16.5 Å². The molecule has 4 aromatic carbocycles. The van der Waals surface area contributed by atoms with E-state index in [2.05, 4.69) is 148 Å². The third kappa shape index (κ3) is 6.35. The summed E-state index contributed by atoms with van der Waals surface area (Å²) >= 11 is 13.7. The Morgan fingerprint density at radius 1 is 0.636 bits per heavy atom. The van der Waals surface area contributed by atoms with Gasteiger partial charge in [-0.15, -0.1) is 0 Å². The monoisotopic (exact) mass is 917 g/mol. The lowest BCUT2D eigenvalue weighted by molar-refractivity contribution is 0.0732. The molecule has 8 heteroatoms. The smallest absolute Gasteiger partial charge is 0.345 e. The maximum atomic E-state index is 12.9. The first-order chi connectivity index (χ1) is 15.8. The van der Waals surface area contributed by atoms with Crippen molar-refractivity contribution in [3.8, 4) is 5.75 Å². The number of rotatable bonds is 5. The van der Waals surface area contributed by atoms with Crippen molar-refractivity contribution in [2.45, 2.75) is 14.7 Å². The molecular formula is C25H14Br2I3O2S+. The Bertz CT molecular complexity index is 1250. The van der Waals surface area contributed by atoms with Gasteiger partial charge in [0, 0.05) is 19.7 Å². The van der Waals surface area contributed by atoms with E-state index in [1.54, 1.807) is 0 Å². The minimum absolute atomic E-state index is 0.284. The Labute approximate surface area is 253 Å². The molecule has 4 rings (SSSR count). The minimum Gasteiger partial charge on any atom is -0.423 e. The van der Waals surface area contributed by atoms with Crippen LogP contribution in [0.2, 0.25) is 0 Å². The van der Waals surface area contributed by atoms with E-state index in [-0.39, 0.29) is 16.9 Å². The van der Waals surface area contributed by atoms with E-state index < -0.39 is 0 Å². The van der Waals surface area contributed by atoms with Crippen molar-refractivity contribution in [2.75, 3.05) is 0 Å². The summed E-state index contributed by atoms with van der Waals surface area (Å²) in [4.78, 5) is 16.5. The normalized spacial score (nSPS) is 11.0. The summed E-state index contributed by atoms with van der Waals surface area (Å²) < 4.78 is 10.7. The van der Waals surface area contributed by atoms with Gasteiger partial charge >= 0.3 is 5.97 Å². The van der Waals surface area contributed by atoms with E-state index in [4.69, 9.17) is 4.74 Å². The molecule has 0 atom stereocenters. The number of benzene rings is 4. The van der Waals surface area contributed by atoms with E-state index in [1.807, 2.05) is 36.4 Å². The molecular weight excluding hydrogens is 905 g/mol. The van der Waals surface area contributed by atoms with E-state index in [9.17, 15) is 4.79 Å². The highest BCUT2D eigenvalue weighted by atomic mass is 127. The van der Waals surface area contributed by atoms with Gasteiger partial charge in [0.25, 0.3) is 0 Å². The van der Waals surface area contributed by atoms with Crippen LogP contribution in [0.5, 0.6) is 5.75 Å². The lowest BCUT2D eigenvalue weighted by Gasteiger charge is -2.11. The molecule has 0 unspecified atom stereocenters. The molecule has 166 valence electrons. The van der Waals surface area contributed by atoms with Crippen LogP contribution in [-0.4, -0.2) is 5.97 Å². The molecule has 0 aromatic heterocycles. The quantitative estimate of drug-likeness (QED) is 0.0657. The number of carbonyl (C=O) groups excluding carboxylic acids is 1. The zero-order valence-corrected chi connectivity index (χ0v) is 27.2. The summed E-state index contributed by atoms with van der Waals surface area (Å²) in [7, 11) is -0.284. The second-order valence-corrected chi connectivity index (χ2v) is 14.1. The van der Waals surface area contributed by atoms with Gasteiger partial charge in [0.1, 0.15) is 5.75 Å². The zero-order valence-electron chi connectivity index (χ0n) is 16.7. The van der Waals surface area contributed by atoms with E-state index in [1.165, 1.54) is 9.79 Å². The van der Waals surface area contributed by atoms with Gasteiger partial charge in [0.15, 0.2) is 14.7 Å². The fourth-order valence-corrected chi connectivity index (χ4v) is 7.96. The highest BCUT2D eigenvalue weighted by Gasteiger charge is 2.29. The van der Waals surface area contributed by atoms with Gasteiger partial charge in [-0.25, -0.2) is 4.79 Å². The van der Waals surface area contributed by atoms with Crippen LogP contribution < -0.4 is 4.74 Å². The van der Waals surface area contributed by atoms with E-state index >= 15 is 0 Å². The zero-order chi connectivity index (χ0) is 23.5. The van der Waals surface area contributed by atoms with Crippen LogP contribution >= 0.6 is 99.6 Å². The molecule has 0 saturated carbocycles. The molecule has 0 heterocycles. The van der Waals surface area contributed by atoms with Gasteiger partial charge in [0.2, 0.25) is 0 Å². The highest BCUT2D eigenvalue weighted by Crippen LogP contribution is 2.34. The predicted molar refractivity (Wildman–Crippen MR) is 166 cm³/mol. The van der Waals surface area contributed by atoms with E-state index in [0.717, 1.165) is 24.6 Å². The predicted octanol–water partition coefficient (Wildman–Crippen LogP) is 9.34. The molecule has 33 heavy (non-hydrogen) atoms. The molecule has 0 radical (unpaired) electrons. The standard InChI is InChI=1S/C25H14Br2I3O2S/c26-15-1-7-18(8-2-15)33(19-9-3-16(27)4-10-19)20-11-5-17(6-12-20)32-25(31)23-21(28)13-14-22(29)24(23)30/h1-14H/q+1. The number of esters is 1. The Hall–Kier alpha value is -0.150. The first kappa shape index (κ1) is 25.9. The van der Waals surface area contributed by atoms with E-state index in [0.29, 0.717) is 11.3 Å². The fraction of sp³-hybridized carbons (Fsp3) is 0. The van der Waals surface area contributed by atoms with Crippen molar-refractivity contribution in [3.63, 3.8) is 0 Å². The number of carbonyl (C=O) groups is 1. The Morgan fingerprint density at radius 2 is 1.06 bits per heavy atom. The molecule has 4 aromatic rings. The molecule has 0 amide bonds. The first-order valence-electron chi connectivity index (χ1n) is 9.54. The molecule has 0 aliphatic heterocycles. The summed E-state index contributed by atoms with van der Waals surface area (Å²) in [5.41, 5.74) is 0.608. The lowest BCUT2D eigenvalue weighted by Crippen LogP contribution is -2.13. The van der Waals surface area contributed by atoms with Crippen molar-refractivity contribution in [1.29, 1.82) is 0 Å². The fourth-order valence-electron chi connectivity index (χ4n) is 3.07. The van der Waals surface area contributed by atoms with Crippen molar-refractivity contribution in [1.82, 2.24) is 0 Å². The lowest BCUT2D eigenvalue weighted by atomic mass is 10.2. The van der Waals surface area contributed by atoms with Crippen LogP contribution in [0.3, 0.4) is 0 Å².